The topological polar surface area (TPSA) is 708 Å². The number of rotatable bonds is 57. The first-order valence-electron chi connectivity index (χ1n) is 46.1. The lowest BCUT2D eigenvalue weighted by Crippen LogP contribution is -2.71. The van der Waals surface area contributed by atoms with Gasteiger partial charge in [-0.25, -0.2) is 4.79 Å². The first-order chi connectivity index (χ1) is 62.1. The summed E-state index contributed by atoms with van der Waals surface area (Å²) in [4.78, 5) is 65.0. The number of hydrogen-bond donors (Lipinski definition) is 26. The van der Waals surface area contributed by atoms with Crippen LogP contribution in [0.4, 0.5) is 0 Å². The molecule has 7 heterocycles. The van der Waals surface area contributed by atoms with Crippen LogP contribution in [0.25, 0.3) is 0 Å². The van der Waals surface area contributed by atoms with Crippen LogP contribution < -0.4 is 21.3 Å². The number of nitrogens with one attached hydrogen (secondary N) is 4. The fourth-order valence-corrected chi connectivity index (χ4v) is 17.3. The van der Waals surface area contributed by atoms with Crippen molar-refractivity contribution in [1.29, 1.82) is 0 Å². The molecule has 0 radical (unpaired) electrons. The minimum atomic E-state index is -3.25. The number of carbonyl (C=O) groups is 5. The number of carbonyl (C=O) groups excluding carboxylic acids is 4. The van der Waals surface area contributed by atoms with Crippen molar-refractivity contribution in [1.82, 2.24) is 21.3 Å². The van der Waals surface area contributed by atoms with E-state index in [9.17, 15) is 136 Å². The quantitative estimate of drug-likeness (QED) is 0.0199. The zero-order valence-corrected chi connectivity index (χ0v) is 74.9. The van der Waals surface area contributed by atoms with Gasteiger partial charge in [-0.1, -0.05) is 167 Å². The summed E-state index contributed by atoms with van der Waals surface area (Å²) in [6.45, 7) is -1.01. The second kappa shape index (κ2) is 57.2. The van der Waals surface area contributed by atoms with Gasteiger partial charge in [-0.3, -0.25) is 19.2 Å². The Hall–Kier alpha value is -4.31. The number of unbranched alkanes of at least 4 members (excludes halogenated alkanes) is 23. The first kappa shape index (κ1) is 113. The van der Waals surface area contributed by atoms with Crippen LogP contribution in [-0.2, 0) is 90.3 Å². The molecule has 756 valence electrons. The number of aliphatic carboxylic acids is 1. The summed E-state index contributed by atoms with van der Waals surface area (Å²) in [6, 6.07) is -6.68. The third kappa shape index (κ3) is 31.9. The number of carboxylic acids is 1. The standard InChI is InChI=1S/C85H150N4O41/c1-6-8-10-12-14-16-18-20-22-24-26-28-30-32-47(100)46(89-56(103)33-31-29-27-25-23-21-19-17-15-13-11-9-7-2)42-117-80-67(111)66(110)73(55(41-96)123-80)126-82-69(113)76(62(106)51(37-92)119-82)128-78-58(87-44(4)98)64(108)71(53(39-94)121-78)124-81-68(112)75(61(105)50(36-91)118-81)127-79-59(88-45(5)99)65(109)72(54(40-95)122-79)125-83-70(114)77(63(107)52(38-93)120-83)130-85(84(115)116)34-48(101)57(86-43(3)97)74(129-85)60(104)49(102)35-90/h30,32,46-55,57-83,90-96,100-102,104-114H,6-29,31,33-42H2,1-5H3,(H,86,97)(H,87,98)(H,88,99)(H,89,103)(H,115,116)/b32-30+/t46-,47+,48?,49+,50?,51?,52?,53?,54?,55?,57+,58?,59?,60+,61-,62-,63-,64+,65+,66+,67?,68?,69?,70?,71+,72+,73+,74?,75-,76-,77-,78-,79+,80+,81-,82-,83-,85-/m0/s1. The van der Waals surface area contributed by atoms with E-state index in [0.29, 0.717) is 12.8 Å². The van der Waals surface area contributed by atoms with Gasteiger partial charge in [-0.2, -0.15) is 0 Å². The fourth-order valence-electron chi connectivity index (χ4n) is 17.3. The summed E-state index contributed by atoms with van der Waals surface area (Å²) in [5.41, 5.74) is 0. The molecule has 0 aromatic heterocycles. The van der Waals surface area contributed by atoms with Crippen molar-refractivity contribution in [3.05, 3.63) is 12.2 Å². The van der Waals surface area contributed by atoms with E-state index >= 15 is 0 Å². The van der Waals surface area contributed by atoms with Crippen molar-refractivity contribution >= 4 is 29.6 Å². The lowest BCUT2D eigenvalue weighted by Gasteiger charge is -2.51. The molecule has 0 spiro atoms. The largest absolute Gasteiger partial charge is 0.477 e. The minimum Gasteiger partial charge on any atom is -0.477 e. The van der Waals surface area contributed by atoms with Gasteiger partial charge in [0, 0.05) is 33.6 Å². The summed E-state index contributed by atoms with van der Waals surface area (Å²) < 4.78 is 82.9. The Morgan fingerprint density at radius 1 is 0.400 bits per heavy atom. The molecule has 45 nitrogen and oxygen atoms in total. The Balaban J connectivity index is 1.01. The summed E-state index contributed by atoms with van der Waals surface area (Å²) in [6.07, 6.45) is -37.9. The first-order valence-corrected chi connectivity index (χ1v) is 46.1. The highest BCUT2D eigenvalue weighted by atomic mass is 16.8. The highest BCUT2D eigenvalue weighted by molar-refractivity contribution is 5.77. The van der Waals surface area contributed by atoms with E-state index < -0.39 is 315 Å². The lowest BCUT2D eigenvalue weighted by atomic mass is 9.88. The average Bonchev–Trinajstić information content (AvgIpc) is 0.745. The molecule has 7 aliphatic heterocycles. The highest BCUT2D eigenvalue weighted by Crippen LogP contribution is 2.42. The molecule has 26 N–H and O–H groups in total. The summed E-state index contributed by atoms with van der Waals surface area (Å²) in [5.74, 6) is -8.44. The van der Waals surface area contributed by atoms with Gasteiger partial charge in [0.05, 0.1) is 77.1 Å². The fraction of sp³-hybridized carbons (Fsp3) is 0.918. The number of amides is 4. The Bertz CT molecular complexity index is 3260. The number of carboxylic acid groups (broad SMARTS) is 1. The Morgan fingerprint density at radius 3 is 1.13 bits per heavy atom. The maximum atomic E-state index is 13.6. The van der Waals surface area contributed by atoms with Crippen molar-refractivity contribution in [3.8, 4) is 0 Å². The van der Waals surface area contributed by atoms with Crippen molar-refractivity contribution in [2.75, 3.05) is 52.9 Å². The molecule has 0 aromatic rings. The molecule has 0 bridgehead atoms. The van der Waals surface area contributed by atoms with Gasteiger partial charge in [0.25, 0.3) is 5.79 Å². The van der Waals surface area contributed by atoms with Crippen molar-refractivity contribution in [3.63, 3.8) is 0 Å². The second-order valence-corrected chi connectivity index (χ2v) is 34.9. The maximum Gasteiger partial charge on any atom is 0.364 e. The molecule has 0 aliphatic carbocycles. The molecule has 38 atom stereocenters. The molecule has 0 saturated carbocycles. The van der Waals surface area contributed by atoms with Crippen molar-refractivity contribution < 1.29 is 203 Å². The van der Waals surface area contributed by atoms with Crippen molar-refractivity contribution in [2.45, 2.75) is 440 Å². The number of allylic oxidation sites excluding steroid dienone is 1. The molecule has 130 heavy (non-hydrogen) atoms. The number of ether oxygens (including phenoxy) is 14. The molecule has 7 rings (SSSR count). The highest BCUT2D eigenvalue weighted by Gasteiger charge is 2.63. The van der Waals surface area contributed by atoms with E-state index in [-0.39, 0.29) is 12.3 Å². The van der Waals surface area contributed by atoms with Crippen LogP contribution in [0.15, 0.2) is 12.2 Å². The Kier molecular flexibility index (Phi) is 49.5. The van der Waals surface area contributed by atoms with Crippen LogP contribution in [-0.4, -0.2) is 427 Å². The van der Waals surface area contributed by atoms with E-state index in [2.05, 4.69) is 35.1 Å². The van der Waals surface area contributed by atoms with Crippen LogP contribution in [0.3, 0.4) is 0 Å². The smallest absolute Gasteiger partial charge is 0.364 e. The van der Waals surface area contributed by atoms with Crippen molar-refractivity contribution in [2.24, 2.45) is 0 Å². The van der Waals surface area contributed by atoms with Gasteiger partial charge in [0.1, 0.15) is 165 Å². The van der Waals surface area contributed by atoms with Gasteiger partial charge >= 0.3 is 5.97 Å². The molecule has 14 unspecified atom stereocenters. The average molecular weight is 1880 g/mol. The summed E-state index contributed by atoms with van der Waals surface area (Å²) >= 11 is 0. The Labute approximate surface area is 756 Å². The normalized spacial score (nSPS) is 37.7. The van der Waals surface area contributed by atoms with E-state index in [1.807, 2.05) is 6.08 Å². The molecule has 7 fully saturated rings. The number of aliphatic hydroxyl groups excluding tert-OH is 21. The van der Waals surface area contributed by atoms with E-state index in [0.717, 1.165) is 78.6 Å². The van der Waals surface area contributed by atoms with Gasteiger partial charge in [-0.15, -0.1) is 0 Å². The minimum absolute atomic E-state index is 0.152. The van der Waals surface area contributed by atoms with Crippen LogP contribution in [0, 0.1) is 0 Å². The molecule has 7 aliphatic rings. The van der Waals surface area contributed by atoms with Gasteiger partial charge in [-0.05, 0) is 19.3 Å². The van der Waals surface area contributed by atoms with Gasteiger partial charge in [0.15, 0.2) is 37.7 Å². The van der Waals surface area contributed by atoms with E-state index in [4.69, 9.17) is 66.3 Å². The molecule has 4 amide bonds. The summed E-state index contributed by atoms with van der Waals surface area (Å²) in [5, 5.41) is 258. The van der Waals surface area contributed by atoms with E-state index in [1.54, 1.807) is 6.08 Å². The molecule has 45 heteroatoms. The number of hydrogen-bond acceptors (Lipinski definition) is 40. The second-order valence-electron chi connectivity index (χ2n) is 34.9. The lowest BCUT2D eigenvalue weighted by molar-refractivity contribution is -0.391. The van der Waals surface area contributed by atoms with Crippen LogP contribution >= 0.6 is 0 Å². The van der Waals surface area contributed by atoms with Gasteiger partial charge in [0.2, 0.25) is 23.6 Å². The zero-order valence-electron chi connectivity index (χ0n) is 74.9. The summed E-state index contributed by atoms with van der Waals surface area (Å²) in [7, 11) is 0. The third-order valence-corrected chi connectivity index (χ3v) is 24.7. The van der Waals surface area contributed by atoms with Crippen LogP contribution in [0.1, 0.15) is 208 Å². The maximum absolute atomic E-state index is 13.6. The molecular weight excluding hydrogens is 1730 g/mol. The SMILES string of the molecule is CCCCCCCCCCCCC/C=C/[C@@H](O)[C@H](CO[C@@H]1OC(CO)[C@@H](O[C@@H]2OC(CO)[C@H](O)[C@H](O[C@@H]3OC(CO)[C@@H](O[C@@H]4OC(CO)[C@H](O)[C@H](O[C@H]5OC(CO)[C@@H](O[C@@H]6OC(CO)[C@H](O)[C@H](O[C@]7(C(=O)O)CC(O)[C@@H](NC(C)=O)C([C@H](O)[C@H](O)CO)O7)C6O)[C@H](O)C5NC(C)=O)C4O)[C@H](O)C3NC(C)=O)C2O)[C@H](O)C1O)NC(=O)CCCCCCCCCCCCCCC. The monoisotopic (exact) mass is 1880 g/mol. The predicted octanol–water partition coefficient (Wildman–Crippen LogP) is -6.03. The zero-order chi connectivity index (χ0) is 95.6. The molecular formula is C85H150N4O41. The molecule has 7 saturated heterocycles. The van der Waals surface area contributed by atoms with Crippen LogP contribution in [0.2, 0.25) is 0 Å². The van der Waals surface area contributed by atoms with Crippen LogP contribution in [0.5, 0.6) is 0 Å². The number of aliphatic hydroxyl groups is 21. The third-order valence-electron chi connectivity index (χ3n) is 24.7. The molecule has 0 aromatic carbocycles. The van der Waals surface area contributed by atoms with Gasteiger partial charge < -0.3 is 200 Å². The van der Waals surface area contributed by atoms with E-state index in [1.165, 1.54) is 89.9 Å². The predicted molar refractivity (Wildman–Crippen MR) is 446 cm³/mol. The Morgan fingerprint density at radius 2 is 0.746 bits per heavy atom.